The van der Waals surface area contributed by atoms with E-state index in [9.17, 15) is 24.0 Å². The van der Waals surface area contributed by atoms with E-state index in [0.717, 1.165) is 12.1 Å². The number of rotatable bonds is 8. The Hall–Kier alpha value is -5.56. The molecule has 1 N–H and O–H groups in total. The Morgan fingerprint density at radius 3 is 2.41 bits per heavy atom. The summed E-state index contributed by atoms with van der Waals surface area (Å²) in [6, 6.07) is 13.7. The lowest BCUT2D eigenvalue weighted by Gasteiger charge is -2.42. The molecule has 1 fully saturated rings. The number of hydrogen-bond donors (Lipinski definition) is 1. The molecule has 2 bridgehead atoms. The lowest BCUT2D eigenvalue weighted by molar-refractivity contribution is -0.135. The van der Waals surface area contributed by atoms with Crippen LogP contribution in [0.25, 0.3) is 11.3 Å². The number of carbonyl (C=O) groups is 4. The first kappa shape index (κ1) is 35.5. The van der Waals surface area contributed by atoms with Gasteiger partial charge in [0.1, 0.15) is 39.4 Å². The van der Waals surface area contributed by atoms with Gasteiger partial charge in [-0.15, -0.1) is 0 Å². The van der Waals surface area contributed by atoms with Crippen molar-refractivity contribution in [3.63, 3.8) is 0 Å². The summed E-state index contributed by atoms with van der Waals surface area (Å²) in [6.45, 7) is 2.93. The van der Waals surface area contributed by atoms with Gasteiger partial charge in [0.25, 0.3) is 5.56 Å². The van der Waals surface area contributed by atoms with Crippen molar-refractivity contribution in [2.75, 3.05) is 41.0 Å². The fourth-order valence-corrected chi connectivity index (χ4v) is 8.85. The average Bonchev–Trinajstić information content (AvgIpc) is 3.69. The first-order chi connectivity index (χ1) is 26.0. The van der Waals surface area contributed by atoms with Gasteiger partial charge in [-0.3, -0.25) is 24.0 Å². The minimum Gasteiger partial charge on any atom is -0.497 e. The number of ketones is 2. The summed E-state index contributed by atoms with van der Waals surface area (Å²) in [4.78, 5) is 70.7. The Bertz CT molecular complexity index is 2300. The highest BCUT2D eigenvalue weighted by molar-refractivity contribution is 6.36. The molecule has 1 aliphatic carbocycles. The van der Waals surface area contributed by atoms with Crippen LogP contribution in [0.1, 0.15) is 57.0 Å². The summed E-state index contributed by atoms with van der Waals surface area (Å²) in [7, 11) is 4.35. The Balaban J connectivity index is 1.09. The average molecular weight is 756 g/mol. The smallest absolute Gasteiger partial charge is 0.250 e. The van der Waals surface area contributed by atoms with Gasteiger partial charge in [0, 0.05) is 66.8 Å². The van der Waals surface area contributed by atoms with Crippen molar-refractivity contribution < 1.29 is 42.5 Å². The number of nitrogens with one attached hydrogen (secondary N) is 1. The number of halogens is 1. The maximum Gasteiger partial charge on any atom is 0.250 e. The number of furan rings is 1. The second kappa shape index (κ2) is 13.4. The first-order valence-electron chi connectivity index (χ1n) is 17.7. The number of likely N-dealkylation sites (tertiary alicyclic amines) is 1. The fourth-order valence-electron chi connectivity index (χ4n) is 8.59. The third-order valence-electron chi connectivity index (χ3n) is 11.2. The zero-order chi connectivity index (χ0) is 38.1. The number of piperidine rings is 1. The molecule has 0 radical (unpaired) electrons. The van der Waals surface area contributed by atoms with Crippen molar-refractivity contribution in [3.8, 4) is 34.3 Å². The molecule has 4 atom stereocenters. The van der Waals surface area contributed by atoms with Crippen LogP contribution in [0.15, 0.2) is 57.7 Å². The summed E-state index contributed by atoms with van der Waals surface area (Å²) in [5.74, 6) is -1.09. The van der Waals surface area contributed by atoms with Crippen molar-refractivity contribution in [1.29, 1.82) is 0 Å². The molecule has 0 saturated carbocycles. The molecule has 54 heavy (non-hydrogen) atoms. The fraction of sp³-hybridized carbons (Fsp3) is 0.375. The number of hydrogen-bond acceptors (Lipinski definition) is 10. The van der Waals surface area contributed by atoms with Crippen molar-refractivity contribution >= 4 is 35.0 Å². The highest BCUT2D eigenvalue weighted by Gasteiger charge is 2.63. The van der Waals surface area contributed by atoms with Crippen LogP contribution in [-0.2, 0) is 29.0 Å². The molecule has 8 rings (SSSR count). The van der Waals surface area contributed by atoms with Gasteiger partial charge in [0.05, 0.1) is 39.9 Å². The number of ether oxygens (including phenoxy) is 4. The van der Waals surface area contributed by atoms with E-state index in [-0.39, 0.29) is 87.4 Å². The van der Waals surface area contributed by atoms with E-state index in [1.54, 1.807) is 59.9 Å². The molecule has 5 heterocycles. The molecule has 2 unspecified atom stereocenters. The highest BCUT2D eigenvalue weighted by Crippen LogP contribution is 2.54. The van der Waals surface area contributed by atoms with Gasteiger partial charge >= 0.3 is 0 Å². The second-order valence-corrected chi connectivity index (χ2v) is 14.7. The normalized spacial score (nSPS) is 22.2. The molecule has 1 saturated heterocycles. The zero-order valence-electron chi connectivity index (χ0n) is 30.2. The Morgan fingerprint density at radius 1 is 0.944 bits per heavy atom. The van der Waals surface area contributed by atoms with Crippen LogP contribution in [0.5, 0.6) is 23.0 Å². The Labute approximate surface area is 315 Å². The SMILES string of the molecule is COc1ccc(-c2oc3c(c2CC(=O)NCC(=O)N2CC4CC(C2)c2cccc(=O)n2C4)C(=O)[C@@]2(Oc4c(Cl)c(OC)cc(OC)c4C2=O)[C@H](C)C3)cc1. The van der Waals surface area contributed by atoms with Crippen LogP contribution < -0.4 is 29.8 Å². The van der Waals surface area contributed by atoms with E-state index < -0.39 is 29.0 Å². The molecule has 280 valence electrons. The predicted molar refractivity (Wildman–Crippen MR) is 195 cm³/mol. The van der Waals surface area contributed by atoms with Gasteiger partial charge in [-0.05, 0) is 42.7 Å². The lowest BCUT2D eigenvalue weighted by atomic mass is 9.70. The molecule has 4 aliphatic rings. The Kier molecular flexibility index (Phi) is 8.79. The van der Waals surface area contributed by atoms with E-state index in [1.165, 1.54) is 20.3 Å². The maximum atomic E-state index is 14.9. The van der Waals surface area contributed by atoms with Crippen molar-refractivity contribution in [3.05, 3.63) is 92.1 Å². The number of fused-ring (bicyclic) bond motifs is 6. The van der Waals surface area contributed by atoms with Gasteiger partial charge in [0.2, 0.25) is 29.0 Å². The minimum absolute atomic E-state index is 0.0180. The molecule has 14 heteroatoms. The summed E-state index contributed by atoms with van der Waals surface area (Å²) in [5, 5.41) is 2.78. The van der Waals surface area contributed by atoms with Crippen LogP contribution in [0.3, 0.4) is 0 Å². The van der Waals surface area contributed by atoms with Gasteiger partial charge in [0.15, 0.2) is 5.75 Å². The number of carbonyl (C=O) groups excluding carboxylic acids is 4. The molecular formula is C40H38ClN3O10. The van der Waals surface area contributed by atoms with E-state index in [4.69, 9.17) is 35.0 Å². The van der Waals surface area contributed by atoms with Gasteiger partial charge in [-0.2, -0.15) is 0 Å². The second-order valence-electron chi connectivity index (χ2n) is 14.3. The summed E-state index contributed by atoms with van der Waals surface area (Å²) < 4.78 is 30.7. The number of benzene rings is 2. The van der Waals surface area contributed by atoms with Crippen LogP contribution in [0, 0.1) is 11.8 Å². The van der Waals surface area contributed by atoms with Gasteiger partial charge in [-0.1, -0.05) is 24.6 Å². The summed E-state index contributed by atoms with van der Waals surface area (Å²) >= 11 is 6.63. The van der Waals surface area contributed by atoms with Crippen molar-refractivity contribution in [2.24, 2.45) is 11.8 Å². The molecule has 13 nitrogen and oxygen atoms in total. The molecule has 4 aromatic rings. The minimum atomic E-state index is -2.02. The van der Waals surface area contributed by atoms with Crippen molar-refractivity contribution in [2.45, 2.75) is 44.2 Å². The van der Waals surface area contributed by atoms with E-state index in [2.05, 4.69) is 5.32 Å². The van der Waals surface area contributed by atoms with Crippen LogP contribution in [0.2, 0.25) is 5.02 Å². The van der Waals surface area contributed by atoms with Crippen LogP contribution in [-0.4, -0.2) is 79.4 Å². The van der Waals surface area contributed by atoms with E-state index >= 15 is 0 Å². The molecule has 3 aliphatic heterocycles. The Morgan fingerprint density at radius 2 is 1.69 bits per heavy atom. The molecule has 2 aromatic heterocycles. The maximum absolute atomic E-state index is 14.9. The molecule has 2 aromatic carbocycles. The topological polar surface area (TPSA) is 156 Å². The van der Waals surface area contributed by atoms with Crippen LogP contribution >= 0.6 is 11.6 Å². The number of methoxy groups -OCH3 is 3. The third-order valence-corrected chi connectivity index (χ3v) is 11.6. The predicted octanol–water partition coefficient (Wildman–Crippen LogP) is 4.48. The standard InChI is InChI=1S/C40H38ClN3O10/c1-20-12-28-33(38(48)40(20)39(49)34-27(51-3)15-29(52-4)35(41)37(34)54-40)25(36(53-28)22-8-10-24(50-2)11-9-22)14-30(45)42-16-32(47)43-17-21-13-23(19-43)26-6-5-7-31(46)44(26)18-21/h5-11,15,20-21,23H,12-14,16-19H2,1-4H3,(H,42,45)/t20-,21?,23?,40+/m1/s1. The quantitative estimate of drug-likeness (QED) is 0.255. The molecule has 1 spiro atoms. The van der Waals surface area contributed by atoms with Gasteiger partial charge in [-0.25, -0.2) is 0 Å². The highest BCUT2D eigenvalue weighted by atomic mass is 35.5. The summed E-state index contributed by atoms with van der Waals surface area (Å²) in [5.41, 5.74) is -0.205. The lowest BCUT2D eigenvalue weighted by Crippen LogP contribution is -2.56. The summed E-state index contributed by atoms with van der Waals surface area (Å²) in [6.07, 6.45) is 0.690. The number of amides is 2. The van der Waals surface area contributed by atoms with Crippen molar-refractivity contribution in [1.82, 2.24) is 14.8 Å². The third kappa shape index (κ3) is 5.47. The first-order valence-corrected chi connectivity index (χ1v) is 18.1. The number of aromatic nitrogens is 1. The van der Waals surface area contributed by atoms with Gasteiger partial charge < -0.3 is 38.1 Å². The number of nitrogens with zero attached hydrogens (tertiary/aromatic N) is 2. The number of Topliss-reactive ketones (excluding diaryl/α,β-unsaturated/α-hetero) is 2. The molecule has 2 amide bonds. The monoisotopic (exact) mass is 755 g/mol. The largest absolute Gasteiger partial charge is 0.497 e. The van der Waals surface area contributed by atoms with E-state index in [0.29, 0.717) is 36.7 Å². The van der Waals surface area contributed by atoms with E-state index in [1.807, 2.05) is 6.07 Å². The molecular weight excluding hydrogens is 718 g/mol. The number of pyridine rings is 1. The zero-order valence-corrected chi connectivity index (χ0v) is 30.9. The van der Waals surface area contributed by atoms with Crippen LogP contribution in [0.4, 0.5) is 0 Å².